The van der Waals surface area contributed by atoms with E-state index in [0.717, 1.165) is 28.1 Å². The quantitative estimate of drug-likeness (QED) is 0.628. The molecule has 0 atom stereocenters. The lowest BCUT2D eigenvalue weighted by Crippen LogP contribution is -2.04. The minimum absolute atomic E-state index is 0.117. The molecule has 4 rings (SSSR count). The fourth-order valence-electron chi connectivity index (χ4n) is 2.71. The second-order valence-corrected chi connectivity index (χ2v) is 5.31. The molecule has 2 heterocycles. The van der Waals surface area contributed by atoms with Crippen LogP contribution in [0.3, 0.4) is 0 Å². The summed E-state index contributed by atoms with van der Waals surface area (Å²) < 4.78 is 7.41. The lowest BCUT2D eigenvalue weighted by atomic mass is 10.1. The van der Waals surface area contributed by atoms with Gasteiger partial charge in [0.15, 0.2) is 5.76 Å². The lowest BCUT2D eigenvalue weighted by Gasteiger charge is -2.04. The monoisotopic (exact) mass is 305 g/mol. The largest absolute Gasteiger partial charge is 0.388 e. The van der Waals surface area contributed by atoms with Gasteiger partial charge in [-0.15, -0.1) is 0 Å². The minimum atomic E-state index is -0.117. The third-order valence-electron chi connectivity index (χ3n) is 3.82. The number of imidazole rings is 1. The van der Waals surface area contributed by atoms with Crippen LogP contribution in [-0.2, 0) is 13.2 Å². The van der Waals surface area contributed by atoms with Gasteiger partial charge in [-0.3, -0.25) is 0 Å². The molecule has 0 bridgehead atoms. The van der Waals surface area contributed by atoms with Crippen LogP contribution in [0.4, 0.5) is 0 Å². The van der Waals surface area contributed by atoms with Crippen molar-refractivity contribution in [2.75, 3.05) is 0 Å². The number of aromatic nitrogens is 3. The van der Waals surface area contributed by atoms with Gasteiger partial charge in [-0.2, -0.15) is 0 Å². The summed E-state index contributed by atoms with van der Waals surface area (Å²) in [4.78, 5) is 4.44. The molecule has 0 amide bonds. The van der Waals surface area contributed by atoms with Crippen LogP contribution in [0.25, 0.3) is 22.3 Å². The molecule has 2 aromatic heterocycles. The van der Waals surface area contributed by atoms with Gasteiger partial charge in [0.05, 0.1) is 17.6 Å². The Bertz CT molecular complexity index is 941. The first-order valence-corrected chi connectivity index (χ1v) is 7.41. The zero-order valence-electron chi connectivity index (χ0n) is 12.4. The molecular weight excluding hydrogens is 290 g/mol. The summed E-state index contributed by atoms with van der Waals surface area (Å²) in [6, 6.07) is 19.6. The third-order valence-corrected chi connectivity index (χ3v) is 3.82. The van der Waals surface area contributed by atoms with Crippen LogP contribution in [0.2, 0.25) is 0 Å². The van der Waals surface area contributed by atoms with Gasteiger partial charge in [-0.05, 0) is 12.1 Å². The highest BCUT2D eigenvalue weighted by atomic mass is 16.5. The Morgan fingerprint density at radius 3 is 2.61 bits per heavy atom. The first-order valence-electron chi connectivity index (χ1n) is 7.41. The van der Waals surface area contributed by atoms with Crippen molar-refractivity contribution in [1.82, 2.24) is 14.7 Å². The average molecular weight is 305 g/mol. The SMILES string of the molecule is OCc1nc2ccccc2n1Cc1cc(-c2ccccc2)no1. The molecule has 0 spiro atoms. The fourth-order valence-corrected chi connectivity index (χ4v) is 2.71. The first-order chi connectivity index (χ1) is 11.3. The number of hydrogen-bond acceptors (Lipinski definition) is 4. The maximum Gasteiger partial charge on any atom is 0.157 e. The van der Waals surface area contributed by atoms with Gasteiger partial charge < -0.3 is 14.2 Å². The number of aliphatic hydroxyl groups excluding tert-OH is 1. The van der Waals surface area contributed by atoms with Crippen LogP contribution < -0.4 is 0 Å². The Morgan fingerprint density at radius 1 is 1.00 bits per heavy atom. The summed E-state index contributed by atoms with van der Waals surface area (Å²) in [6.07, 6.45) is 0. The van der Waals surface area contributed by atoms with E-state index in [9.17, 15) is 5.11 Å². The van der Waals surface area contributed by atoms with Crippen LogP contribution >= 0.6 is 0 Å². The highest BCUT2D eigenvalue weighted by Gasteiger charge is 2.13. The molecule has 1 N–H and O–H groups in total. The summed E-state index contributed by atoms with van der Waals surface area (Å²) in [5.74, 6) is 1.34. The van der Waals surface area contributed by atoms with Crippen molar-refractivity contribution in [3.63, 3.8) is 0 Å². The lowest BCUT2D eigenvalue weighted by molar-refractivity contribution is 0.265. The molecule has 0 radical (unpaired) electrons. The van der Waals surface area contributed by atoms with Crippen LogP contribution in [0.1, 0.15) is 11.6 Å². The van der Waals surface area contributed by atoms with Gasteiger partial charge in [-0.25, -0.2) is 4.98 Å². The molecule has 0 fully saturated rings. The molecule has 114 valence electrons. The van der Waals surface area contributed by atoms with Crippen molar-refractivity contribution in [2.45, 2.75) is 13.2 Å². The van der Waals surface area contributed by atoms with E-state index in [1.165, 1.54) is 0 Å². The van der Waals surface area contributed by atoms with Gasteiger partial charge in [0.2, 0.25) is 0 Å². The molecule has 5 nitrogen and oxygen atoms in total. The van der Waals surface area contributed by atoms with E-state index in [4.69, 9.17) is 4.52 Å². The highest BCUT2D eigenvalue weighted by Crippen LogP contribution is 2.22. The maximum absolute atomic E-state index is 9.55. The van der Waals surface area contributed by atoms with Crippen molar-refractivity contribution in [1.29, 1.82) is 0 Å². The van der Waals surface area contributed by atoms with Crippen LogP contribution in [0.5, 0.6) is 0 Å². The minimum Gasteiger partial charge on any atom is -0.388 e. The molecule has 4 aromatic rings. The number of benzene rings is 2. The van der Waals surface area contributed by atoms with Gasteiger partial charge in [0.25, 0.3) is 0 Å². The summed E-state index contributed by atoms with van der Waals surface area (Å²) in [6.45, 7) is 0.366. The van der Waals surface area contributed by atoms with Crippen LogP contribution in [0, 0.1) is 0 Å². The Hall–Kier alpha value is -2.92. The topological polar surface area (TPSA) is 64.1 Å². The first kappa shape index (κ1) is 13.7. The summed E-state index contributed by atoms with van der Waals surface area (Å²) in [7, 11) is 0. The summed E-state index contributed by atoms with van der Waals surface area (Å²) in [5.41, 5.74) is 3.64. The molecule has 0 aliphatic carbocycles. The smallest absolute Gasteiger partial charge is 0.157 e. The Balaban J connectivity index is 1.70. The van der Waals surface area contributed by atoms with Gasteiger partial charge in [0.1, 0.15) is 18.1 Å². The van der Waals surface area contributed by atoms with Gasteiger partial charge >= 0.3 is 0 Å². The number of rotatable bonds is 4. The van der Waals surface area contributed by atoms with E-state index < -0.39 is 0 Å². The number of fused-ring (bicyclic) bond motifs is 1. The van der Waals surface area contributed by atoms with Gasteiger partial charge in [0, 0.05) is 11.6 Å². The average Bonchev–Trinajstić information content (AvgIpc) is 3.21. The Kier molecular flexibility index (Phi) is 3.40. The molecule has 0 saturated heterocycles. The zero-order valence-corrected chi connectivity index (χ0v) is 12.4. The molecular formula is C18H15N3O2. The van der Waals surface area contributed by atoms with Crippen molar-refractivity contribution in [2.24, 2.45) is 0 Å². The zero-order chi connectivity index (χ0) is 15.6. The molecule has 0 unspecified atom stereocenters. The maximum atomic E-state index is 9.55. The molecule has 2 aromatic carbocycles. The fraction of sp³-hybridized carbons (Fsp3) is 0.111. The van der Waals surface area contributed by atoms with Crippen LogP contribution in [-0.4, -0.2) is 19.8 Å². The van der Waals surface area contributed by atoms with E-state index in [-0.39, 0.29) is 6.61 Å². The van der Waals surface area contributed by atoms with E-state index >= 15 is 0 Å². The molecule has 0 aliphatic rings. The predicted molar refractivity (Wildman–Crippen MR) is 86.7 cm³/mol. The number of para-hydroxylation sites is 2. The Labute approximate surface area is 132 Å². The normalized spacial score (nSPS) is 11.2. The summed E-state index contributed by atoms with van der Waals surface area (Å²) in [5, 5.41) is 13.7. The van der Waals surface area contributed by atoms with Crippen molar-refractivity contribution >= 4 is 11.0 Å². The van der Waals surface area contributed by atoms with E-state index in [1.807, 2.05) is 65.2 Å². The van der Waals surface area contributed by atoms with Crippen molar-refractivity contribution < 1.29 is 9.63 Å². The number of aliphatic hydroxyl groups is 1. The second-order valence-electron chi connectivity index (χ2n) is 5.31. The van der Waals surface area contributed by atoms with Gasteiger partial charge in [-0.1, -0.05) is 47.6 Å². The predicted octanol–water partition coefficient (Wildman–Crippen LogP) is 3.23. The van der Waals surface area contributed by atoms with Crippen molar-refractivity contribution in [3.05, 3.63) is 72.2 Å². The number of nitrogens with zero attached hydrogens (tertiary/aromatic N) is 3. The molecule has 23 heavy (non-hydrogen) atoms. The summed E-state index contributed by atoms with van der Waals surface area (Å²) >= 11 is 0. The number of hydrogen-bond donors (Lipinski definition) is 1. The molecule has 5 heteroatoms. The third kappa shape index (κ3) is 2.51. The second kappa shape index (κ2) is 5.70. The highest BCUT2D eigenvalue weighted by molar-refractivity contribution is 5.76. The van der Waals surface area contributed by atoms with E-state index in [1.54, 1.807) is 0 Å². The molecule has 0 saturated carbocycles. The van der Waals surface area contributed by atoms with E-state index in [2.05, 4.69) is 10.1 Å². The van der Waals surface area contributed by atoms with Crippen LogP contribution in [0.15, 0.2) is 65.2 Å². The standard InChI is InChI=1S/C18H15N3O2/c22-12-18-19-15-8-4-5-9-17(15)21(18)11-14-10-16(20-23-14)13-6-2-1-3-7-13/h1-10,22H,11-12H2. The van der Waals surface area contributed by atoms with E-state index in [0.29, 0.717) is 12.4 Å². The Morgan fingerprint density at radius 2 is 1.78 bits per heavy atom. The molecule has 0 aliphatic heterocycles. The van der Waals surface area contributed by atoms with Crippen molar-refractivity contribution in [3.8, 4) is 11.3 Å².